The van der Waals surface area contributed by atoms with Crippen LogP contribution in [-0.2, 0) is 5.88 Å². The van der Waals surface area contributed by atoms with E-state index in [0.29, 0.717) is 16.1 Å². The number of nitro benzene ring substituents is 1. The molecule has 0 N–H and O–H groups in total. The molecule has 1 heterocycles. The van der Waals surface area contributed by atoms with Crippen molar-refractivity contribution in [3.63, 3.8) is 0 Å². The maximum absolute atomic E-state index is 10.9. The van der Waals surface area contributed by atoms with Crippen LogP contribution in [0, 0.1) is 27.2 Å². The molecule has 0 aliphatic rings. The topological polar surface area (TPSA) is 99.2 Å². The third-order valence-electron chi connectivity index (χ3n) is 2.62. The van der Waals surface area contributed by atoms with Gasteiger partial charge in [0.1, 0.15) is 10.7 Å². The van der Waals surface area contributed by atoms with Crippen molar-refractivity contribution < 1.29 is 9.85 Å². The molecule has 9 heteroatoms. The van der Waals surface area contributed by atoms with Gasteiger partial charge in [-0.15, -0.1) is 11.6 Å². The van der Waals surface area contributed by atoms with Gasteiger partial charge in [-0.3, -0.25) is 20.2 Å². The van der Waals surface area contributed by atoms with E-state index in [4.69, 9.17) is 11.6 Å². The highest BCUT2D eigenvalue weighted by molar-refractivity contribution is 7.18. The van der Waals surface area contributed by atoms with Crippen LogP contribution in [0.25, 0.3) is 10.6 Å². The van der Waals surface area contributed by atoms with Gasteiger partial charge in [0.25, 0.3) is 5.69 Å². The Bertz CT molecular complexity index is 701. The molecule has 2 aromatic rings. The summed E-state index contributed by atoms with van der Waals surface area (Å²) in [4.78, 5) is 24.8. The Kier molecular flexibility index (Phi) is 3.96. The number of thiazole rings is 1. The van der Waals surface area contributed by atoms with Gasteiger partial charge in [0.05, 0.1) is 15.7 Å². The van der Waals surface area contributed by atoms with E-state index in [9.17, 15) is 20.2 Å². The van der Waals surface area contributed by atoms with Gasteiger partial charge in [-0.05, 0) is 18.3 Å². The van der Waals surface area contributed by atoms with Crippen molar-refractivity contribution in [2.45, 2.75) is 12.8 Å². The number of rotatable bonds is 4. The molecule has 0 aliphatic heterocycles. The predicted octanol–water partition coefficient (Wildman–Crippen LogP) is 3.67. The average Bonchev–Trinajstić information content (AvgIpc) is 2.83. The summed E-state index contributed by atoms with van der Waals surface area (Å²) in [7, 11) is 0. The minimum atomic E-state index is -0.554. The fourth-order valence-corrected chi connectivity index (χ4v) is 2.80. The number of nitro groups is 2. The highest BCUT2D eigenvalue weighted by Gasteiger charge is 2.22. The minimum Gasteiger partial charge on any atom is -0.258 e. The molecule has 2 rings (SSSR count). The molecule has 0 atom stereocenters. The van der Waals surface area contributed by atoms with E-state index in [1.165, 1.54) is 6.07 Å². The van der Waals surface area contributed by atoms with Crippen molar-refractivity contribution in [2.24, 2.45) is 0 Å². The van der Waals surface area contributed by atoms with Crippen LogP contribution in [0.2, 0.25) is 0 Å². The lowest BCUT2D eigenvalue weighted by Gasteiger charge is -1.99. The molecule has 0 amide bonds. The van der Waals surface area contributed by atoms with E-state index in [1.54, 1.807) is 19.1 Å². The Morgan fingerprint density at radius 1 is 1.30 bits per heavy atom. The van der Waals surface area contributed by atoms with Gasteiger partial charge >= 0.3 is 5.00 Å². The second kappa shape index (κ2) is 5.51. The zero-order valence-electron chi connectivity index (χ0n) is 10.2. The molecule has 0 unspecified atom stereocenters. The van der Waals surface area contributed by atoms with E-state index in [2.05, 4.69) is 4.98 Å². The molecule has 1 aromatic carbocycles. The molecule has 7 nitrogen and oxygen atoms in total. The lowest BCUT2D eigenvalue weighted by Crippen LogP contribution is -1.92. The van der Waals surface area contributed by atoms with Crippen molar-refractivity contribution in [3.8, 4) is 10.6 Å². The number of halogens is 1. The van der Waals surface area contributed by atoms with E-state index in [0.717, 1.165) is 11.3 Å². The fourth-order valence-electron chi connectivity index (χ4n) is 1.64. The number of benzene rings is 1. The van der Waals surface area contributed by atoms with E-state index in [1.807, 2.05) is 0 Å². The van der Waals surface area contributed by atoms with E-state index < -0.39 is 9.85 Å². The smallest absolute Gasteiger partial charge is 0.258 e. The molecule has 20 heavy (non-hydrogen) atoms. The van der Waals surface area contributed by atoms with Crippen molar-refractivity contribution in [3.05, 3.63) is 49.7 Å². The Morgan fingerprint density at radius 3 is 2.50 bits per heavy atom. The molecule has 104 valence electrons. The third kappa shape index (κ3) is 2.61. The van der Waals surface area contributed by atoms with E-state index in [-0.39, 0.29) is 22.3 Å². The Hall–Kier alpha value is -2.06. The number of hydrogen-bond acceptors (Lipinski definition) is 6. The van der Waals surface area contributed by atoms with Crippen LogP contribution in [0.15, 0.2) is 18.2 Å². The summed E-state index contributed by atoms with van der Waals surface area (Å²) in [5.41, 5.74) is 1.10. The summed E-state index contributed by atoms with van der Waals surface area (Å²) in [6.45, 7) is 1.62. The third-order valence-corrected chi connectivity index (χ3v) is 3.97. The Morgan fingerprint density at radius 2 is 2.00 bits per heavy atom. The molecule has 0 radical (unpaired) electrons. The van der Waals surface area contributed by atoms with Crippen LogP contribution in [0.1, 0.15) is 11.3 Å². The Balaban J connectivity index is 2.54. The Labute approximate surface area is 122 Å². The lowest BCUT2D eigenvalue weighted by molar-refractivity contribution is -0.385. The largest absolute Gasteiger partial charge is 0.348 e. The first-order chi connectivity index (χ1) is 9.43. The lowest BCUT2D eigenvalue weighted by atomic mass is 10.1. The van der Waals surface area contributed by atoms with Gasteiger partial charge in [-0.2, -0.15) is 0 Å². The quantitative estimate of drug-likeness (QED) is 0.487. The molecule has 1 aromatic heterocycles. The standard InChI is InChI=1S/C11H8ClN3O4S/c1-6-2-3-7(4-9(6)14(16)17)10-13-8(5-12)11(20-10)15(18)19/h2-4H,5H2,1H3. The average molecular weight is 314 g/mol. The first kappa shape index (κ1) is 14.4. The van der Waals surface area contributed by atoms with E-state index >= 15 is 0 Å². The van der Waals surface area contributed by atoms with Gasteiger partial charge < -0.3 is 0 Å². The summed E-state index contributed by atoms with van der Waals surface area (Å²) in [6.07, 6.45) is 0. The summed E-state index contributed by atoms with van der Waals surface area (Å²) < 4.78 is 0. The maximum atomic E-state index is 10.9. The van der Waals surface area contributed by atoms with Crippen LogP contribution in [-0.4, -0.2) is 14.8 Å². The monoisotopic (exact) mass is 313 g/mol. The molecule has 0 saturated carbocycles. The van der Waals surface area contributed by atoms with Crippen LogP contribution < -0.4 is 0 Å². The van der Waals surface area contributed by atoms with Crippen molar-refractivity contribution in [2.75, 3.05) is 0 Å². The molecular weight excluding hydrogens is 306 g/mol. The number of alkyl halides is 1. The second-order valence-electron chi connectivity index (χ2n) is 3.92. The second-order valence-corrected chi connectivity index (χ2v) is 5.16. The van der Waals surface area contributed by atoms with Gasteiger partial charge in [0, 0.05) is 17.2 Å². The molecule has 0 spiro atoms. The molecule has 0 aliphatic carbocycles. The summed E-state index contributed by atoms with van der Waals surface area (Å²) >= 11 is 6.47. The van der Waals surface area contributed by atoms with Gasteiger partial charge in [-0.25, -0.2) is 4.98 Å². The summed E-state index contributed by atoms with van der Waals surface area (Å²) in [6, 6.07) is 4.58. The molecular formula is C11H8ClN3O4S. The van der Waals surface area contributed by atoms with Crippen LogP contribution in [0.3, 0.4) is 0 Å². The van der Waals surface area contributed by atoms with Gasteiger partial charge in [-0.1, -0.05) is 12.1 Å². The highest BCUT2D eigenvalue weighted by Crippen LogP contribution is 2.36. The van der Waals surface area contributed by atoms with Gasteiger partial charge in [0.2, 0.25) is 0 Å². The first-order valence-electron chi connectivity index (χ1n) is 5.39. The number of nitrogens with zero attached hydrogens (tertiary/aromatic N) is 3. The predicted molar refractivity (Wildman–Crippen MR) is 75.2 cm³/mol. The fraction of sp³-hybridized carbons (Fsp3) is 0.182. The zero-order valence-corrected chi connectivity index (χ0v) is 11.8. The number of aryl methyl sites for hydroxylation is 1. The van der Waals surface area contributed by atoms with Crippen molar-refractivity contribution in [1.29, 1.82) is 0 Å². The first-order valence-corrected chi connectivity index (χ1v) is 6.74. The van der Waals surface area contributed by atoms with Gasteiger partial charge in [0.15, 0.2) is 0 Å². The number of hydrogen-bond donors (Lipinski definition) is 0. The summed E-state index contributed by atoms with van der Waals surface area (Å²) in [5.74, 6) is -0.0826. The minimum absolute atomic E-state index is 0.0484. The number of aromatic nitrogens is 1. The molecule has 0 fully saturated rings. The summed E-state index contributed by atoms with van der Waals surface area (Å²) in [5, 5.41) is 22.0. The van der Waals surface area contributed by atoms with Crippen molar-refractivity contribution in [1.82, 2.24) is 4.98 Å². The maximum Gasteiger partial charge on any atom is 0.348 e. The van der Waals surface area contributed by atoms with Crippen LogP contribution in [0.4, 0.5) is 10.7 Å². The zero-order chi connectivity index (χ0) is 14.9. The molecule has 0 bridgehead atoms. The highest BCUT2D eigenvalue weighted by atomic mass is 35.5. The van der Waals surface area contributed by atoms with Crippen LogP contribution >= 0.6 is 22.9 Å². The van der Waals surface area contributed by atoms with Crippen LogP contribution in [0.5, 0.6) is 0 Å². The van der Waals surface area contributed by atoms with Crippen molar-refractivity contribution >= 4 is 33.6 Å². The normalized spacial score (nSPS) is 10.5. The molecule has 0 saturated heterocycles. The SMILES string of the molecule is Cc1ccc(-c2nc(CCl)c([N+](=O)[O-])s2)cc1[N+](=O)[O-].